The fraction of sp³-hybridized carbons (Fsp3) is 0.565. The zero-order valence-corrected chi connectivity index (χ0v) is 18.8. The summed E-state index contributed by atoms with van der Waals surface area (Å²) in [4.78, 5) is 44.8. The number of carbonyl (C=O) groups excluding carboxylic acids is 2. The largest absolute Gasteiger partial charge is 0.465 e. The molecule has 1 saturated carbocycles. The molecule has 2 aliphatic rings. The minimum atomic E-state index is -0.324. The van der Waals surface area contributed by atoms with Gasteiger partial charge in [0.2, 0.25) is 0 Å². The molecule has 2 aromatic rings. The molecular formula is C23H29N3O4S. The number of hydrogen-bond donors (Lipinski definition) is 0. The van der Waals surface area contributed by atoms with Crippen LogP contribution in [0.25, 0.3) is 10.9 Å². The quantitative estimate of drug-likeness (QED) is 0.384. The van der Waals surface area contributed by atoms with Crippen LogP contribution in [0, 0.1) is 0 Å². The standard InChI is InChI=1S/C23H29N3O4S/c1-2-30-20(27)15-31-23-24-19-14-16(21(28)25-12-6-7-13-25)10-11-18(19)22(29)26(23)17-8-4-3-5-9-17/h10-11,14,17H,2-9,12-13,15H2,1H3. The lowest BCUT2D eigenvalue weighted by Gasteiger charge is -2.26. The summed E-state index contributed by atoms with van der Waals surface area (Å²) < 4.78 is 6.82. The zero-order chi connectivity index (χ0) is 21.8. The maximum absolute atomic E-state index is 13.5. The number of amides is 1. The number of esters is 1. The molecule has 0 atom stereocenters. The van der Waals surface area contributed by atoms with Crippen LogP contribution in [-0.2, 0) is 9.53 Å². The van der Waals surface area contributed by atoms with Crippen LogP contribution < -0.4 is 5.56 Å². The van der Waals surface area contributed by atoms with E-state index in [1.54, 1.807) is 29.7 Å². The third kappa shape index (κ3) is 4.79. The minimum absolute atomic E-state index is 0.0154. The van der Waals surface area contributed by atoms with Gasteiger partial charge >= 0.3 is 5.97 Å². The zero-order valence-electron chi connectivity index (χ0n) is 18.0. The molecule has 31 heavy (non-hydrogen) atoms. The Labute approximate surface area is 186 Å². The highest BCUT2D eigenvalue weighted by molar-refractivity contribution is 7.99. The van der Waals surface area contributed by atoms with Crippen LogP contribution in [0.3, 0.4) is 0 Å². The molecule has 0 unspecified atom stereocenters. The molecule has 1 aliphatic carbocycles. The average molecular weight is 444 g/mol. The predicted molar refractivity (Wildman–Crippen MR) is 121 cm³/mol. The van der Waals surface area contributed by atoms with Crippen molar-refractivity contribution in [2.24, 2.45) is 0 Å². The summed E-state index contributed by atoms with van der Waals surface area (Å²) in [5.41, 5.74) is 0.968. The Hall–Kier alpha value is -2.35. The molecule has 4 rings (SSSR count). The van der Waals surface area contributed by atoms with Gasteiger partial charge in [0.1, 0.15) is 0 Å². The van der Waals surface area contributed by atoms with Crippen molar-refractivity contribution in [3.63, 3.8) is 0 Å². The van der Waals surface area contributed by atoms with E-state index >= 15 is 0 Å². The SMILES string of the molecule is CCOC(=O)CSc1nc2cc(C(=O)N3CCCC3)ccc2c(=O)n1C1CCCCC1. The van der Waals surface area contributed by atoms with Gasteiger partial charge in [-0.05, 0) is 50.8 Å². The van der Waals surface area contributed by atoms with Crippen LogP contribution in [0.1, 0.15) is 68.3 Å². The molecule has 0 radical (unpaired) electrons. The molecule has 1 aliphatic heterocycles. The summed E-state index contributed by atoms with van der Waals surface area (Å²) in [6, 6.07) is 5.28. The maximum atomic E-state index is 13.5. The van der Waals surface area contributed by atoms with Gasteiger partial charge in [0, 0.05) is 24.7 Å². The first kappa shape index (κ1) is 21.9. The second-order valence-electron chi connectivity index (χ2n) is 8.19. The Kier molecular flexibility index (Phi) is 6.95. The number of fused-ring (bicyclic) bond motifs is 1. The summed E-state index contributed by atoms with van der Waals surface area (Å²) in [6.07, 6.45) is 7.27. The van der Waals surface area contributed by atoms with Gasteiger partial charge in [-0.25, -0.2) is 4.98 Å². The number of thioether (sulfide) groups is 1. The highest BCUT2D eigenvalue weighted by Gasteiger charge is 2.24. The van der Waals surface area contributed by atoms with Crippen molar-refractivity contribution in [1.29, 1.82) is 0 Å². The van der Waals surface area contributed by atoms with Gasteiger partial charge in [-0.15, -0.1) is 0 Å². The summed E-state index contributed by atoms with van der Waals surface area (Å²) in [5, 5.41) is 1.05. The van der Waals surface area contributed by atoms with Crippen LogP contribution >= 0.6 is 11.8 Å². The van der Waals surface area contributed by atoms with E-state index in [1.165, 1.54) is 18.2 Å². The van der Waals surface area contributed by atoms with Crippen molar-refractivity contribution in [3.8, 4) is 0 Å². The second-order valence-corrected chi connectivity index (χ2v) is 9.13. The molecule has 8 heteroatoms. The fourth-order valence-corrected chi connectivity index (χ4v) is 5.37. The Morgan fingerprint density at radius 1 is 1.13 bits per heavy atom. The third-order valence-electron chi connectivity index (χ3n) is 6.07. The first-order valence-corrected chi connectivity index (χ1v) is 12.2. The second kappa shape index (κ2) is 9.85. The van der Waals surface area contributed by atoms with Gasteiger partial charge in [0.25, 0.3) is 11.5 Å². The molecule has 166 valence electrons. The monoisotopic (exact) mass is 443 g/mol. The van der Waals surface area contributed by atoms with Crippen LogP contribution in [0.15, 0.2) is 28.2 Å². The van der Waals surface area contributed by atoms with Crippen molar-refractivity contribution in [2.75, 3.05) is 25.4 Å². The molecule has 1 saturated heterocycles. The Balaban J connectivity index is 1.73. The number of likely N-dealkylation sites (tertiary alicyclic amines) is 1. The highest BCUT2D eigenvalue weighted by atomic mass is 32.2. The van der Waals surface area contributed by atoms with Gasteiger partial charge in [0.15, 0.2) is 5.16 Å². The fourth-order valence-electron chi connectivity index (χ4n) is 4.50. The predicted octanol–water partition coefficient (Wildman–Crippen LogP) is 3.79. The van der Waals surface area contributed by atoms with E-state index in [4.69, 9.17) is 9.72 Å². The molecule has 1 aromatic heterocycles. The molecule has 2 fully saturated rings. The number of hydrogen-bond acceptors (Lipinski definition) is 6. The third-order valence-corrected chi connectivity index (χ3v) is 7.00. The van der Waals surface area contributed by atoms with Crippen molar-refractivity contribution in [2.45, 2.75) is 63.1 Å². The van der Waals surface area contributed by atoms with Gasteiger partial charge in [-0.1, -0.05) is 31.0 Å². The van der Waals surface area contributed by atoms with Gasteiger partial charge in [-0.3, -0.25) is 19.0 Å². The van der Waals surface area contributed by atoms with Gasteiger partial charge in [0.05, 0.1) is 23.3 Å². The number of aromatic nitrogens is 2. The molecular weight excluding hydrogens is 414 g/mol. The Morgan fingerprint density at radius 2 is 1.87 bits per heavy atom. The van der Waals surface area contributed by atoms with Crippen LogP contribution in [-0.4, -0.2) is 51.8 Å². The molecule has 0 spiro atoms. The van der Waals surface area contributed by atoms with Crippen molar-refractivity contribution >= 4 is 34.5 Å². The molecule has 0 N–H and O–H groups in total. The average Bonchev–Trinajstić information content (AvgIpc) is 3.33. The van der Waals surface area contributed by atoms with Crippen LogP contribution in [0.4, 0.5) is 0 Å². The topological polar surface area (TPSA) is 81.5 Å². The van der Waals surface area contributed by atoms with E-state index < -0.39 is 0 Å². The van der Waals surface area contributed by atoms with E-state index in [0.29, 0.717) is 28.2 Å². The lowest BCUT2D eigenvalue weighted by molar-refractivity contribution is -0.139. The van der Waals surface area contributed by atoms with Crippen molar-refractivity contribution in [1.82, 2.24) is 14.5 Å². The van der Waals surface area contributed by atoms with E-state index in [9.17, 15) is 14.4 Å². The molecule has 2 heterocycles. The minimum Gasteiger partial charge on any atom is -0.465 e. The van der Waals surface area contributed by atoms with E-state index in [1.807, 2.05) is 4.90 Å². The summed E-state index contributed by atoms with van der Waals surface area (Å²) >= 11 is 1.24. The van der Waals surface area contributed by atoms with Crippen molar-refractivity contribution < 1.29 is 14.3 Å². The van der Waals surface area contributed by atoms with Crippen molar-refractivity contribution in [3.05, 3.63) is 34.1 Å². The Bertz CT molecular complexity index is 1020. The number of carbonyl (C=O) groups is 2. The maximum Gasteiger partial charge on any atom is 0.316 e. The van der Waals surface area contributed by atoms with Gasteiger partial charge in [-0.2, -0.15) is 0 Å². The summed E-state index contributed by atoms with van der Waals surface area (Å²) in [7, 11) is 0. The summed E-state index contributed by atoms with van der Waals surface area (Å²) in [5.74, 6) is -0.237. The Morgan fingerprint density at radius 3 is 2.58 bits per heavy atom. The molecule has 0 bridgehead atoms. The van der Waals surface area contributed by atoms with E-state index in [2.05, 4.69) is 0 Å². The van der Waals surface area contributed by atoms with E-state index in [0.717, 1.165) is 51.6 Å². The number of nitrogens with zero attached hydrogens (tertiary/aromatic N) is 3. The first-order chi connectivity index (χ1) is 15.1. The molecule has 7 nitrogen and oxygen atoms in total. The normalized spacial score (nSPS) is 17.3. The number of ether oxygens (including phenoxy) is 1. The number of benzene rings is 1. The number of rotatable bonds is 6. The van der Waals surface area contributed by atoms with Crippen LogP contribution in [0.5, 0.6) is 0 Å². The van der Waals surface area contributed by atoms with Gasteiger partial charge < -0.3 is 9.64 Å². The summed E-state index contributed by atoms with van der Waals surface area (Å²) in [6.45, 7) is 3.64. The lowest BCUT2D eigenvalue weighted by atomic mass is 9.95. The smallest absolute Gasteiger partial charge is 0.316 e. The molecule has 1 aromatic carbocycles. The molecule has 1 amide bonds. The highest BCUT2D eigenvalue weighted by Crippen LogP contribution is 2.31. The lowest BCUT2D eigenvalue weighted by Crippen LogP contribution is -2.30. The van der Waals surface area contributed by atoms with Crippen LogP contribution in [0.2, 0.25) is 0 Å². The first-order valence-electron chi connectivity index (χ1n) is 11.2. The van der Waals surface area contributed by atoms with E-state index in [-0.39, 0.29) is 29.2 Å².